The summed E-state index contributed by atoms with van der Waals surface area (Å²) in [6, 6.07) is 0. The van der Waals surface area contributed by atoms with Gasteiger partial charge in [0.05, 0.1) is 10.5 Å². The number of anilines is 1. The number of rotatable bonds is 4. The van der Waals surface area contributed by atoms with Crippen molar-refractivity contribution in [1.29, 1.82) is 0 Å². The molecule has 0 saturated carbocycles. The van der Waals surface area contributed by atoms with Crippen molar-refractivity contribution in [2.24, 2.45) is 0 Å². The van der Waals surface area contributed by atoms with Crippen LogP contribution in [-0.4, -0.2) is 33.6 Å². The Morgan fingerprint density at radius 1 is 1.67 bits per heavy atom. The van der Waals surface area contributed by atoms with Gasteiger partial charge in [0.1, 0.15) is 6.33 Å². The van der Waals surface area contributed by atoms with Crippen molar-refractivity contribution >= 4 is 23.1 Å². The molecule has 7 nitrogen and oxygen atoms in total. The monoisotopic (exact) mass is 272 g/mol. The Morgan fingerprint density at radius 2 is 2.44 bits per heavy atom. The van der Waals surface area contributed by atoms with Crippen molar-refractivity contribution < 1.29 is 9.66 Å². The molecule has 0 aliphatic carbocycles. The first kappa shape index (κ1) is 13.0. The predicted octanol–water partition coefficient (Wildman–Crippen LogP) is 2.02. The number of halogens is 1. The Labute approximate surface area is 109 Å². The SMILES string of the molecule is CC1(CNc2ncnc(Cl)c2[N+](=O)[O-])CCCO1. The van der Waals surface area contributed by atoms with E-state index in [1.165, 1.54) is 6.33 Å². The zero-order chi connectivity index (χ0) is 13.2. The van der Waals surface area contributed by atoms with Gasteiger partial charge < -0.3 is 10.1 Å². The zero-order valence-electron chi connectivity index (χ0n) is 9.85. The van der Waals surface area contributed by atoms with Crippen LogP contribution in [0.5, 0.6) is 0 Å². The zero-order valence-corrected chi connectivity index (χ0v) is 10.6. The average Bonchev–Trinajstić information content (AvgIpc) is 2.73. The topological polar surface area (TPSA) is 90.2 Å². The second kappa shape index (κ2) is 5.03. The predicted molar refractivity (Wildman–Crippen MR) is 65.8 cm³/mol. The molecule has 98 valence electrons. The number of nitrogens with one attached hydrogen (secondary N) is 1. The van der Waals surface area contributed by atoms with Gasteiger partial charge in [-0.1, -0.05) is 11.6 Å². The van der Waals surface area contributed by atoms with E-state index >= 15 is 0 Å². The van der Waals surface area contributed by atoms with E-state index in [-0.39, 0.29) is 22.3 Å². The largest absolute Gasteiger partial charge is 0.373 e. The number of aromatic nitrogens is 2. The van der Waals surface area contributed by atoms with Gasteiger partial charge in [-0.25, -0.2) is 9.97 Å². The average molecular weight is 273 g/mol. The van der Waals surface area contributed by atoms with E-state index < -0.39 is 4.92 Å². The van der Waals surface area contributed by atoms with Crippen molar-refractivity contribution in [2.75, 3.05) is 18.5 Å². The molecular weight excluding hydrogens is 260 g/mol. The van der Waals surface area contributed by atoms with Gasteiger partial charge in [-0.15, -0.1) is 0 Å². The third-order valence-corrected chi connectivity index (χ3v) is 3.17. The van der Waals surface area contributed by atoms with Gasteiger partial charge in [-0.2, -0.15) is 0 Å². The highest BCUT2D eigenvalue weighted by Gasteiger charge is 2.31. The Kier molecular flexibility index (Phi) is 3.63. The van der Waals surface area contributed by atoms with Gasteiger partial charge in [0.25, 0.3) is 0 Å². The minimum Gasteiger partial charge on any atom is -0.373 e. The van der Waals surface area contributed by atoms with Crippen LogP contribution in [0.2, 0.25) is 5.15 Å². The van der Waals surface area contributed by atoms with Crippen LogP contribution in [0.1, 0.15) is 19.8 Å². The molecule has 1 unspecified atom stereocenters. The van der Waals surface area contributed by atoms with E-state index in [9.17, 15) is 10.1 Å². The van der Waals surface area contributed by atoms with Gasteiger partial charge in [-0.05, 0) is 19.8 Å². The molecule has 18 heavy (non-hydrogen) atoms. The molecular formula is C10H13ClN4O3. The number of hydrogen-bond donors (Lipinski definition) is 1. The molecule has 0 spiro atoms. The van der Waals surface area contributed by atoms with E-state index in [0.29, 0.717) is 13.2 Å². The summed E-state index contributed by atoms with van der Waals surface area (Å²) >= 11 is 5.69. The summed E-state index contributed by atoms with van der Waals surface area (Å²) in [5, 5.41) is 13.6. The highest BCUT2D eigenvalue weighted by Crippen LogP contribution is 2.30. The summed E-state index contributed by atoms with van der Waals surface area (Å²) < 4.78 is 5.58. The highest BCUT2D eigenvalue weighted by atomic mass is 35.5. The van der Waals surface area contributed by atoms with Crippen molar-refractivity contribution in [3.8, 4) is 0 Å². The molecule has 0 aromatic carbocycles. The fourth-order valence-corrected chi connectivity index (χ4v) is 2.10. The standard InChI is InChI=1S/C10H13ClN4O3/c1-10(3-2-4-18-10)5-12-9-7(15(16)17)8(11)13-6-14-9/h6H,2-5H2,1H3,(H,12,13,14). The number of ether oxygens (including phenoxy) is 1. The van der Waals surface area contributed by atoms with E-state index in [0.717, 1.165) is 12.8 Å². The van der Waals surface area contributed by atoms with Crippen LogP contribution >= 0.6 is 11.6 Å². The van der Waals surface area contributed by atoms with E-state index in [2.05, 4.69) is 15.3 Å². The van der Waals surface area contributed by atoms with Crippen LogP contribution in [-0.2, 0) is 4.74 Å². The van der Waals surface area contributed by atoms with Crippen molar-refractivity contribution in [3.05, 3.63) is 21.6 Å². The smallest absolute Gasteiger partial charge is 0.348 e. The number of hydrogen-bond acceptors (Lipinski definition) is 6. The lowest BCUT2D eigenvalue weighted by Gasteiger charge is -2.23. The lowest BCUT2D eigenvalue weighted by molar-refractivity contribution is -0.384. The summed E-state index contributed by atoms with van der Waals surface area (Å²) in [6.45, 7) is 3.12. The van der Waals surface area contributed by atoms with Gasteiger partial charge in [0, 0.05) is 13.2 Å². The number of nitrogens with zero attached hydrogens (tertiary/aromatic N) is 3. The van der Waals surface area contributed by atoms with Crippen LogP contribution < -0.4 is 5.32 Å². The van der Waals surface area contributed by atoms with Gasteiger partial charge in [-0.3, -0.25) is 10.1 Å². The maximum Gasteiger partial charge on any atom is 0.348 e. The first-order valence-corrected chi connectivity index (χ1v) is 5.92. The maximum atomic E-state index is 10.9. The van der Waals surface area contributed by atoms with Gasteiger partial charge in [0.15, 0.2) is 0 Å². The van der Waals surface area contributed by atoms with Crippen LogP contribution in [0.3, 0.4) is 0 Å². The molecule has 1 aliphatic heterocycles. The van der Waals surface area contributed by atoms with Crippen molar-refractivity contribution in [3.63, 3.8) is 0 Å². The van der Waals surface area contributed by atoms with Gasteiger partial charge in [0.2, 0.25) is 11.0 Å². The Hall–Kier alpha value is -1.47. The molecule has 1 fully saturated rings. The molecule has 0 bridgehead atoms. The van der Waals surface area contributed by atoms with Crippen LogP contribution in [0.4, 0.5) is 11.5 Å². The molecule has 1 atom stereocenters. The lowest BCUT2D eigenvalue weighted by Crippen LogP contribution is -2.33. The summed E-state index contributed by atoms with van der Waals surface area (Å²) in [7, 11) is 0. The quantitative estimate of drug-likeness (QED) is 0.512. The third kappa shape index (κ3) is 2.68. The molecule has 1 aromatic rings. The molecule has 2 rings (SSSR count). The fraction of sp³-hybridized carbons (Fsp3) is 0.600. The molecule has 1 saturated heterocycles. The minimum atomic E-state index is -0.595. The van der Waals surface area contributed by atoms with E-state index in [1.54, 1.807) is 0 Å². The Morgan fingerprint density at radius 3 is 3.06 bits per heavy atom. The molecule has 1 aromatic heterocycles. The van der Waals surface area contributed by atoms with Gasteiger partial charge >= 0.3 is 5.69 Å². The normalized spacial score (nSPS) is 23.0. The molecule has 8 heteroatoms. The molecule has 1 aliphatic rings. The summed E-state index contributed by atoms with van der Waals surface area (Å²) in [6.07, 6.45) is 3.09. The Balaban J connectivity index is 2.14. The molecule has 0 amide bonds. The van der Waals surface area contributed by atoms with Crippen LogP contribution in [0.25, 0.3) is 0 Å². The van der Waals surface area contributed by atoms with Crippen molar-refractivity contribution in [1.82, 2.24) is 9.97 Å². The summed E-state index contributed by atoms with van der Waals surface area (Å²) in [5.41, 5.74) is -0.619. The molecule has 2 heterocycles. The summed E-state index contributed by atoms with van der Waals surface area (Å²) in [4.78, 5) is 17.7. The summed E-state index contributed by atoms with van der Waals surface area (Å²) in [5.74, 6) is 0.122. The van der Waals surface area contributed by atoms with Crippen LogP contribution in [0.15, 0.2) is 6.33 Å². The first-order chi connectivity index (χ1) is 8.52. The third-order valence-electron chi connectivity index (χ3n) is 2.89. The maximum absolute atomic E-state index is 10.9. The molecule has 1 N–H and O–H groups in total. The fourth-order valence-electron chi connectivity index (χ4n) is 1.90. The lowest BCUT2D eigenvalue weighted by atomic mass is 10.0. The minimum absolute atomic E-state index is 0.122. The highest BCUT2D eigenvalue weighted by molar-refractivity contribution is 6.31. The second-order valence-corrected chi connectivity index (χ2v) is 4.73. The van der Waals surface area contributed by atoms with E-state index in [4.69, 9.17) is 16.3 Å². The number of nitro groups is 1. The first-order valence-electron chi connectivity index (χ1n) is 5.54. The molecule has 0 radical (unpaired) electrons. The Bertz CT molecular complexity index is 462. The van der Waals surface area contributed by atoms with E-state index in [1.807, 2.05) is 6.92 Å². The van der Waals surface area contributed by atoms with Crippen LogP contribution in [0, 0.1) is 10.1 Å². The second-order valence-electron chi connectivity index (χ2n) is 4.37. The van der Waals surface area contributed by atoms with Crippen molar-refractivity contribution in [2.45, 2.75) is 25.4 Å².